The van der Waals surface area contributed by atoms with Gasteiger partial charge in [-0.15, -0.1) is 0 Å². The van der Waals surface area contributed by atoms with Gasteiger partial charge in [-0.1, -0.05) is 115 Å². The van der Waals surface area contributed by atoms with Crippen molar-refractivity contribution in [2.24, 2.45) is 5.92 Å². The predicted octanol–water partition coefficient (Wildman–Crippen LogP) is 7.22. The van der Waals surface area contributed by atoms with E-state index in [2.05, 4.69) is 5.32 Å². The molecule has 0 spiro atoms. The number of halogens is 2. The summed E-state index contributed by atoms with van der Waals surface area (Å²) in [6.45, 7) is 7.72. The van der Waals surface area contributed by atoms with Crippen molar-refractivity contribution in [2.45, 2.75) is 51.6 Å². The van der Waals surface area contributed by atoms with Crippen LogP contribution in [0.15, 0.2) is 102 Å². The second kappa shape index (κ2) is 15.6. The standard InChI is InChI=1S/C36H39Cl2N3O4S/c1-25(2)22-39-36(43)34(18-28-8-6-5-7-9-28)40(23-29-14-10-26(3)11-15-29)35(42)24-41(32-20-30(37)19-31(38)21-32)46(44,45)33-16-12-27(4)13-17-33/h5-17,19-21,25,34H,18,22-24H2,1-4H3,(H,39,43)/t34-/m0/s1. The molecule has 2 amide bonds. The summed E-state index contributed by atoms with van der Waals surface area (Å²) in [6, 6.07) is 27.0. The van der Waals surface area contributed by atoms with Crippen LogP contribution in [0.4, 0.5) is 5.69 Å². The normalized spacial score (nSPS) is 12.1. The highest BCUT2D eigenvalue weighted by Crippen LogP contribution is 2.30. The average Bonchev–Trinajstić information content (AvgIpc) is 3.01. The molecule has 1 N–H and O–H groups in total. The molecule has 0 saturated heterocycles. The molecule has 0 radical (unpaired) electrons. The molecule has 0 unspecified atom stereocenters. The van der Waals surface area contributed by atoms with Crippen molar-refractivity contribution in [3.8, 4) is 0 Å². The lowest BCUT2D eigenvalue weighted by Crippen LogP contribution is -2.53. The Kier molecular flexibility index (Phi) is 11.9. The number of carbonyl (C=O) groups excluding carboxylic acids is 2. The van der Waals surface area contributed by atoms with Crippen LogP contribution in [0.3, 0.4) is 0 Å². The Bertz CT molecular complexity index is 1730. The lowest BCUT2D eigenvalue weighted by Gasteiger charge is -2.34. The number of hydrogen-bond donors (Lipinski definition) is 1. The number of hydrogen-bond acceptors (Lipinski definition) is 4. The maximum absolute atomic E-state index is 14.5. The lowest BCUT2D eigenvalue weighted by molar-refractivity contribution is -0.140. The van der Waals surface area contributed by atoms with Crippen LogP contribution in [0.25, 0.3) is 0 Å². The van der Waals surface area contributed by atoms with Gasteiger partial charge in [0.1, 0.15) is 12.6 Å². The van der Waals surface area contributed by atoms with Gasteiger partial charge in [0.2, 0.25) is 11.8 Å². The first-order valence-electron chi connectivity index (χ1n) is 15.1. The molecule has 7 nitrogen and oxygen atoms in total. The van der Waals surface area contributed by atoms with E-state index in [4.69, 9.17) is 23.2 Å². The lowest BCUT2D eigenvalue weighted by atomic mass is 10.0. The van der Waals surface area contributed by atoms with Gasteiger partial charge in [-0.3, -0.25) is 13.9 Å². The molecule has 4 aromatic rings. The zero-order chi connectivity index (χ0) is 33.4. The summed E-state index contributed by atoms with van der Waals surface area (Å²) in [4.78, 5) is 29.9. The van der Waals surface area contributed by atoms with Crippen LogP contribution in [0, 0.1) is 19.8 Å². The zero-order valence-corrected chi connectivity index (χ0v) is 28.7. The third kappa shape index (κ3) is 9.34. The Labute approximate surface area is 282 Å². The maximum atomic E-state index is 14.5. The van der Waals surface area contributed by atoms with Crippen molar-refractivity contribution < 1.29 is 18.0 Å². The molecule has 1 atom stereocenters. The average molecular weight is 681 g/mol. The molecule has 0 saturated carbocycles. The first-order chi connectivity index (χ1) is 21.8. The van der Waals surface area contributed by atoms with Crippen LogP contribution >= 0.6 is 23.2 Å². The number of nitrogens with one attached hydrogen (secondary N) is 1. The molecule has 46 heavy (non-hydrogen) atoms. The number of benzene rings is 4. The van der Waals surface area contributed by atoms with Crippen LogP contribution in [-0.2, 0) is 32.6 Å². The molecule has 4 rings (SSSR count). The van der Waals surface area contributed by atoms with Crippen molar-refractivity contribution in [1.82, 2.24) is 10.2 Å². The molecule has 4 aromatic carbocycles. The van der Waals surface area contributed by atoms with Crippen LogP contribution in [0.5, 0.6) is 0 Å². The van der Waals surface area contributed by atoms with Gasteiger partial charge in [0.15, 0.2) is 0 Å². The molecular weight excluding hydrogens is 641 g/mol. The van der Waals surface area contributed by atoms with E-state index < -0.39 is 28.5 Å². The van der Waals surface area contributed by atoms with E-state index >= 15 is 0 Å². The summed E-state index contributed by atoms with van der Waals surface area (Å²) in [6.07, 6.45) is 0.232. The Hall–Kier alpha value is -3.85. The van der Waals surface area contributed by atoms with Gasteiger partial charge < -0.3 is 10.2 Å². The maximum Gasteiger partial charge on any atom is 0.264 e. The van der Waals surface area contributed by atoms with Crippen molar-refractivity contribution in [2.75, 3.05) is 17.4 Å². The smallest absolute Gasteiger partial charge is 0.264 e. The number of rotatable bonds is 13. The second-order valence-electron chi connectivity index (χ2n) is 11.8. The van der Waals surface area contributed by atoms with Crippen molar-refractivity contribution in [1.29, 1.82) is 0 Å². The number of carbonyl (C=O) groups is 2. The molecule has 242 valence electrons. The molecular formula is C36H39Cl2N3O4S. The number of anilines is 1. The molecule has 0 aromatic heterocycles. The van der Waals surface area contributed by atoms with E-state index in [0.717, 1.165) is 26.6 Å². The summed E-state index contributed by atoms with van der Waals surface area (Å²) >= 11 is 12.6. The van der Waals surface area contributed by atoms with Crippen LogP contribution in [0.2, 0.25) is 10.0 Å². The van der Waals surface area contributed by atoms with E-state index in [1.54, 1.807) is 12.1 Å². The van der Waals surface area contributed by atoms with Crippen LogP contribution < -0.4 is 9.62 Å². The van der Waals surface area contributed by atoms with Crippen molar-refractivity contribution >= 4 is 50.7 Å². The largest absolute Gasteiger partial charge is 0.354 e. The highest BCUT2D eigenvalue weighted by Gasteiger charge is 2.35. The fourth-order valence-electron chi connectivity index (χ4n) is 4.92. The van der Waals surface area contributed by atoms with Gasteiger partial charge in [0.05, 0.1) is 10.6 Å². The van der Waals surface area contributed by atoms with Crippen LogP contribution in [0.1, 0.15) is 36.1 Å². The van der Waals surface area contributed by atoms with E-state index in [9.17, 15) is 18.0 Å². The quantitative estimate of drug-likeness (QED) is 0.162. The second-order valence-corrected chi connectivity index (χ2v) is 14.5. The summed E-state index contributed by atoms with van der Waals surface area (Å²) < 4.78 is 29.4. The monoisotopic (exact) mass is 679 g/mol. The van der Waals surface area contributed by atoms with Gasteiger partial charge in [0, 0.05) is 29.6 Å². The fraction of sp³-hybridized carbons (Fsp3) is 0.278. The Balaban J connectivity index is 1.82. The minimum absolute atomic E-state index is 0.00240. The van der Waals surface area contributed by atoms with E-state index in [-0.39, 0.29) is 45.4 Å². The van der Waals surface area contributed by atoms with Gasteiger partial charge in [-0.05, 0) is 61.2 Å². The molecule has 0 fully saturated rings. The van der Waals surface area contributed by atoms with Crippen LogP contribution in [-0.4, -0.2) is 44.3 Å². The Morgan fingerprint density at radius 1 is 0.783 bits per heavy atom. The van der Waals surface area contributed by atoms with Gasteiger partial charge >= 0.3 is 0 Å². The Morgan fingerprint density at radius 2 is 1.35 bits per heavy atom. The molecule has 0 heterocycles. The topological polar surface area (TPSA) is 86.8 Å². The van der Waals surface area contributed by atoms with Crippen molar-refractivity contribution in [3.63, 3.8) is 0 Å². The first-order valence-corrected chi connectivity index (χ1v) is 17.2. The number of amides is 2. The number of nitrogens with zero attached hydrogens (tertiary/aromatic N) is 2. The number of aryl methyl sites for hydroxylation is 2. The summed E-state index contributed by atoms with van der Waals surface area (Å²) in [7, 11) is -4.27. The predicted molar refractivity (Wildman–Crippen MR) is 186 cm³/mol. The first kappa shape index (κ1) is 35.0. The summed E-state index contributed by atoms with van der Waals surface area (Å²) in [5.74, 6) is -0.699. The minimum Gasteiger partial charge on any atom is -0.354 e. The third-order valence-corrected chi connectivity index (χ3v) is 9.68. The molecule has 0 aliphatic heterocycles. The highest BCUT2D eigenvalue weighted by atomic mass is 35.5. The third-order valence-electron chi connectivity index (χ3n) is 7.45. The van der Waals surface area contributed by atoms with Gasteiger partial charge in [-0.25, -0.2) is 8.42 Å². The van der Waals surface area contributed by atoms with Gasteiger partial charge in [0.25, 0.3) is 10.0 Å². The zero-order valence-electron chi connectivity index (χ0n) is 26.4. The van der Waals surface area contributed by atoms with E-state index in [1.165, 1.54) is 35.2 Å². The van der Waals surface area contributed by atoms with Gasteiger partial charge in [-0.2, -0.15) is 0 Å². The molecule has 10 heteroatoms. The summed E-state index contributed by atoms with van der Waals surface area (Å²) in [5.41, 5.74) is 3.72. The fourth-order valence-corrected chi connectivity index (χ4v) is 6.83. The Morgan fingerprint density at radius 3 is 1.91 bits per heavy atom. The molecule has 0 bridgehead atoms. The SMILES string of the molecule is Cc1ccc(CN(C(=O)CN(c2cc(Cl)cc(Cl)c2)S(=O)(=O)c2ccc(C)cc2)[C@@H](Cc2ccccc2)C(=O)NCC(C)C)cc1. The van der Waals surface area contributed by atoms with Crippen molar-refractivity contribution in [3.05, 3.63) is 129 Å². The molecule has 0 aliphatic carbocycles. The minimum atomic E-state index is -4.27. The van der Waals surface area contributed by atoms with E-state index in [1.807, 2.05) is 82.3 Å². The number of sulfonamides is 1. The highest BCUT2D eigenvalue weighted by molar-refractivity contribution is 7.92. The molecule has 0 aliphatic rings. The summed E-state index contributed by atoms with van der Waals surface area (Å²) in [5, 5.41) is 3.42. The van der Waals surface area contributed by atoms with E-state index in [0.29, 0.717) is 6.54 Å².